The lowest BCUT2D eigenvalue weighted by atomic mass is 10.0. The van der Waals surface area contributed by atoms with Crippen molar-refractivity contribution in [2.24, 2.45) is 0 Å². The van der Waals surface area contributed by atoms with Crippen LogP contribution < -0.4 is 0 Å². The number of hydrogen-bond acceptors (Lipinski definition) is 2. The van der Waals surface area contributed by atoms with Gasteiger partial charge < -0.3 is 4.57 Å². The van der Waals surface area contributed by atoms with E-state index >= 15 is 0 Å². The van der Waals surface area contributed by atoms with Crippen LogP contribution in [0.15, 0.2) is 152 Å². The summed E-state index contributed by atoms with van der Waals surface area (Å²) in [6.45, 7) is 0. The van der Waals surface area contributed by atoms with Gasteiger partial charge in [-0.25, -0.2) is 0 Å². The van der Waals surface area contributed by atoms with Crippen molar-refractivity contribution in [3.8, 4) is 27.9 Å². The Morgan fingerprint density at radius 2 is 0.956 bits per heavy atom. The Morgan fingerprint density at radius 3 is 1.64 bits per heavy atom. The predicted octanol–water partition coefficient (Wildman–Crippen LogP) is 12.9. The quantitative estimate of drug-likeness (QED) is 0.188. The van der Waals surface area contributed by atoms with Crippen molar-refractivity contribution in [2.45, 2.75) is 0 Å². The van der Waals surface area contributed by atoms with E-state index in [4.69, 9.17) is 0 Å². The summed E-state index contributed by atoms with van der Waals surface area (Å²) in [4.78, 5) is 0. The van der Waals surface area contributed by atoms with Crippen LogP contribution in [0.2, 0.25) is 0 Å². The third-order valence-electron chi connectivity index (χ3n) is 9.20. The molecule has 0 N–H and O–H groups in total. The number of benzene rings is 7. The summed E-state index contributed by atoms with van der Waals surface area (Å²) in [5.74, 6) is 0. The van der Waals surface area contributed by atoms with E-state index in [9.17, 15) is 0 Å². The maximum Gasteiger partial charge on any atom is 0.0640 e. The second-order valence-corrected chi connectivity index (χ2v) is 13.8. The van der Waals surface area contributed by atoms with E-state index in [-0.39, 0.29) is 0 Å². The summed E-state index contributed by atoms with van der Waals surface area (Å²) < 4.78 is 7.91. The minimum atomic E-state index is 1.23. The van der Waals surface area contributed by atoms with Gasteiger partial charge in [0.2, 0.25) is 0 Å². The fraction of sp³-hybridized carbons (Fsp3) is 0. The first kappa shape index (κ1) is 25.1. The Balaban J connectivity index is 1.30. The second-order valence-electron chi connectivity index (χ2n) is 11.7. The fourth-order valence-electron chi connectivity index (χ4n) is 7.13. The molecule has 0 aliphatic carbocycles. The van der Waals surface area contributed by atoms with Crippen molar-refractivity contribution >= 4 is 84.8 Å². The third kappa shape index (κ3) is 3.72. The molecule has 0 atom stereocenters. The zero-order valence-corrected chi connectivity index (χ0v) is 25.8. The van der Waals surface area contributed by atoms with Crippen LogP contribution in [0, 0.1) is 0 Å². The topological polar surface area (TPSA) is 4.93 Å². The standard InChI is InChI=1S/C42H25NS2/c1-3-10-26(11-4-1)28-18-21-35-33(24-28)34-25-29(27-12-5-2-6-13-27)19-22-36(34)43(35)37-16-9-15-30-31-20-23-39-40(42(31)45-41(30)37)32-14-7-8-17-38(32)44-39/h1-25H. The molecule has 0 bridgehead atoms. The maximum atomic E-state index is 2.49. The summed E-state index contributed by atoms with van der Waals surface area (Å²) in [7, 11) is 0. The van der Waals surface area contributed by atoms with Gasteiger partial charge in [-0.05, 0) is 64.7 Å². The molecule has 210 valence electrons. The number of thiophene rings is 2. The SMILES string of the molecule is c1ccc(-c2ccc3c(c2)c2cc(-c4ccccc4)ccc2n3-c2cccc3c2sc2c3ccc3sc4ccccc4c32)cc1. The van der Waals surface area contributed by atoms with Crippen molar-refractivity contribution in [1.82, 2.24) is 4.57 Å². The van der Waals surface area contributed by atoms with Gasteiger partial charge in [-0.1, -0.05) is 109 Å². The van der Waals surface area contributed by atoms with Crippen molar-refractivity contribution in [1.29, 1.82) is 0 Å². The molecule has 0 spiro atoms. The molecule has 1 nitrogen and oxygen atoms in total. The molecular formula is C42H25NS2. The van der Waals surface area contributed by atoms with E-state index in [1.807, 2.05) is 22.7 Å². The molecule has 0 unspecified atom stereocenters. The van der Waals surface area contributed by atoms with E-state index in [0.717, 1.165) is 0 Å². The first-order valence-corrected chi connectivity index (χ1v) is 16.9. The number of aromatic nitrogens is 1. The van der Waals surface area contributed by atoms with Crippen LogP contribution in [-0.4, -0.2) is 4.57 Å². The Kier molecular flexibility index (Phi) is 5.39. The van der Waals surface area contributed by atoms with E-state index in [0.29, 0.717) is 0 Å². The van der Waals surface area contributed by atoms with Crippen LogP contribution in [0.5, 0.6) is 0 Å². The molecule has 0 amide bonds. The molecule has 0 aliphatic rings. The lowest BCUT2D eigenvalue weighted by Crippen LogP contribution is -1.94. The van der Waals surface area contributed by atoms with Gasteiger partial charge >= 0.3 is 0 Å². The second kappa shape index (κ2) is 9.64. The number of fused-ring (bicyclic) bond motifs is 10. The van der Waals surface area contributed by atoms with E-state index in [1.54, 1.807) is 0 Å². The Bertz CT molecular complexity index is 2650. The van der Waals surface area contributed by atoms with E-state index in [2.05, 4.69) is 156 Å². The monoisotopic (exact) mass is 607 g/mol. The minimum Gasteiger partial charge on any atom is -0.308 e. The van der Waals surface area contributed by atoms with Crippen LogP contribution in [0.3, 0.4) is 0 Å². The number of nitrogens with zero attached hydrogens (tertiary/aromatic N) is 1. The molecule has 10 rings (SSSR count). The highest BCUT2D eigenvalue weighted by molar-refractivity contribution is 7.30. The van der Waals surface area contributed by atoms with Gasteiger partial charge in [0.25, 0.3) is 0 Å². The van der Waals surface area contributed by atoms with Crippen LogP contribution in [-0.2, 0) is 0 Å². The number of hydrogen-bond donors (Lipinski definition) is 0. The minimum absolute atomic E-state index is 1.23. The summed E-state index contributed by atoms with van der Waals surface area (Å²) in [6.07, 6.45) is 0. The molecule has 3 heteroatoms. The van der Waals surface area contributed by atoms with Gasteiger partial charge in [-0.3, -0.25) is 0 Å². The zero-order valence-electron chi connectivity index (χ0n) is 24.2. The van der Waals surface area contributed by atoms with Crippen molar-refractivity contribution in [2.75, 3.05) is 0 Å². The van der Waals surface area contributed by atoms with Crippen LogP contribution in [0.4, 0.5) is 0 Å². The molecule has 0 aliphatic heterocycles. The van der Waals surface area contributed by atoms with Crippen molar-refractivity contribution in [3.63, 3.8) is 0 Å². The van der Waals surface area contributed by atoms with E-state index in [1.165, 1.54) is 90.1 Å². The summed E-state index contributed by atoms with van der Waals surface area (Å²) in [5, 5.41) is 7.95. The molecule has 45 heavy (non-hydrogen) atoms. The van der Waals surface area contributed by atoms with E-state index < -0.39 is 0 Å². The molecule has 7 aromatic carbocycles. The summed E-state index contributed by atoms with van der Waals surface area (Å²) >= 11 is 3.83. The molecule has 0 saturated carbocycles. The molecule has 3 heterocycles. The first-order valence-electron chi connectivity index (χ1n) is 15.3. The average molecular weight is 608 g/mol. The Labute approximate surface area is 267 Å². The van der Waals surface area contributed by atoms with Crippen molar-refractivity contribution in [3.05, 3.63) is 152 Å². The number of rotatable bonds is 3. The smallest absolute Gasteiger partial charge is 0.0640 e. The highest BCUT2D eigenvalue weighted by Crippen LogP contribution is 2.47. The highest BCUT2D eigenvalue weighted by Gasteiger charge is 2.19. The normalized spacial score (nSPS) is 12.0. The Morgan fingerprint density at radius 1 is 0.356 bits per heavy atom. The van der Waals surface area contributed by atoms with Gasteiger partial charge in [0.1, 0.15) is 0 Å². The van der Waals surface area contributed by atoms with Crippen molar-refractivity contribution < 1.29 is 0 Å². The Hall–Kier alpha value is -5.22. The summed E-state index contributed by atoms with van der Waals surface area (Å²) in [5.41, 5.74) is 8.63. The van der Waals surface area contributed by atoms with Gasteiger partial charge in [-0.15, -0.1) is 22.7 Å². The molecular weight excluding hydrogens is 583 g/mol. The van der Waals surface area contributed by atoms with Crippen LogP contribution in [0.1, 0.15) is 0 Å². The summed E-state index contributed by atoms with van der Waals surface area (Å²) in [6, 6.07) is 55.7. The third-order valence-corrected chi connectivity index (χ3v) is 11.6. The fourth-order valence-corrected chi connectivity index (χ4v) is 9.67. The van der Waals surface area contributed by atoms with Gasteiger partial charge in [-0.2, -0.15) is 0 Å². The highest BCUT2D eigenvalue weighted by atomic mass is 32.1. The zero-order chi connectivity index (χ0) is 29.5. The average Bonchev–Trinajstić information content (AvgIpc) is 3.78. The molecule has 0 saturated heterocycles. The molecule has 10 aromatic rings. The molecule has 0 fully saturated rings. The molecule has 0 radical (unpaired) electrons. The molecule has 3 aromatic heterocycles. The van der Waals surface area contributed by atoms with Crippen LogP contribution >= 0.6 is 22.7 Å². The van der Waals surface area contributed by atoms with Gasteiger partial charge in [0, 0.05) is 46.4 Å². The largest absolute Gasteiger partial charge is 0.308 e. The van der Waals surface area contributed by atoms with Gasteiger partial charge in [0.05, 0.1) is 21.4 Å². The first-order chi connectivity index (χ1) is 22.3. The maximum absolute atomic E-state index is 2.49. The van der Waals surface area contributed by atoms with Crippen LogP contribution in [0.25, 0.3) is 90.1 Å². The lowest BCUT2D eigenvalue weighted by Gasteiger charge is -2.10. The van der Waals surface area contributed by atoms with Gasteiger partial charge in [0.15, 0.2) is 0 Å². The lowest BCUT2D eigenvalue weighted by molar-refractivity contribution is 1.20. The predicted molar refractivity (Wildman–Crippen MR) is 197 cm³/mol.